The van der Waals surface area contributed by atoms with Gasteiger partial charge in [0.15, 0.2) is 0 Å². The summed E-state index contributed by atoms with van der Waals surface area (Å²) >= 11 is 0. The summed E-state index contributed by atoms with van der Waals surface area (Å²) in [5.41, 5.74) is 2.05. The number of nitrogens with zero attached hydrogens (tertiary/aromatic N) is 2. The van der Waals surface area contributed by atoms with Crippen LogP contribution in [0.15, 0.2) is 48.5 Å². The fourth-order valence-corrected chi connectivity index (χ4v) is 4.63. The van der Waals surface area contributed by atoms with E-state index < -0.39 is 18.1 Å². The van der Waals surface area contributed by atoms with Gasteiger partial charge >= 0.3 is 12.4 Å². The minimum atomic E-state index is -4.88. The molecule has 3 N–H and O–H groups in total. The van der Waals surface area contributed by atoms with Crippen molar-refractivity contribution in [1.82, 2.24) is 20.4 Å². The Balaban J connectivity index is 1.82. The van der Waals surface area contributed by atoms with Gasteiger partial charge in [0.05, 0.1) is 24.0 Å². The molecule has 2 aromatic carbocycles. The molecule has 0 fully saturated rings. The molecular formula is C29H38F3N5O4. The van der Waals surface area contributed by atoms with Crippen molar-refractivity contribution < 1.29 is 32.2 Å². The third-order valence-electron chi connectivity index (χ3n) is 6.22. The highest BCUT2D eigenvalue weighted by molar-refractivity contribution is 5.89. The normalized spacial score (nSPS) is 12.6. The number of urea groups is 1. The maximum Gasteiger partial charge on any atom is 0.573 e. The van der Waals surface area contributed by atoms with Crippen LogP contribution in [0.2, 0.25) is 0 Å². The summed E-state index contributed by atoms with van der Waals surface area (Å²) in [6, 6.07) is 12.7. The van der Waals surface area contributed by atoms with Crippen molar-refractivity contribution in [2.24, 2.45) is 5.41 Å². The molecule has 0 aliphatic heterocycles. The molecule has 0 spiro atoms. The van der Waals surface area contributed by atoms with Crippen LogP contribution in [-0.4, -0.2) is 49.0 Å². The topological polar surface area (TPSA) is 98.7 Å². The number of benzene rings is 2. The maximum atomic E-state index is 13.0. The Morgan fingerprint density at radius 3 is 2.46 bits per heavy atom. The molecule has 224 valence electrons. The van der Waals surface area contributed by atoms with E-state index in [1.165, 1.54) is 25.3 Å². The molecule has 3 rings (SSSR count). The van der Waals surface area contributed by atoms with Crippen LogP contribution in [0.3, 0.4) is 0 Å². The zero-order valence-corrected chi connectivity index (χ0v) is 24.2. The number of amides is 2. The van der Waals surface area contributed by atoms with E-state index in [-0.39, 0.29) is 30.2 Å². The summed E-state index contributed by atoms with van der Waals surface area (Å²) < 4.78 is 55.9. The number of hydrogen-bond donors (Lipinski definition) is 3. The number of anilines is 1. The number of ether oxygens (including phenoxy) is 3. The van der Waals surface area contributed by atoms with E-state index >= 15 is 0 Å². The lowest BCUT2D eigenvalue weighted by molar-refractivity contribution is -0.274. The maximum absolute atomic E-state index is 13.0. The lowest BCUT2D eigenvalue weighted by Crippen LogP contribution is -2.31. The van der Waals surface area contributed by atoms with Gasteiger partial charge in [0, 0.05) is 25.8 Å². The average molecular weight is 578 g/mol. The van der Waals surface area contributed by atoms with Crippen molar-refractivity contribution in [2.75, 3.05) is 26.0 Å². The standard InChI is InChI=1S/C29H38F3N5O4/c1-19(15-28(3,4)18-33-5)40-26-20(2)25(37(36-26)23-10-8-7-9-11-23)35-27(38)34-16-22-14-21(17-39-6)12-13-24(22)41-29(30,31)32/h7-14,19,33H,15-18H2,1-6H3,(H2,34,35,38). The number of aromatic nitrogens is 2. The molecule has 41 heavy (non-hydrogen) atoms. The van der Waals surface area contributed by atoms with Gasteiger partial charge in [0.1, 0.15) is 11.6 Å². The first-order valence-electron chi connectivity index (χ1n) is 13.2. The van der Waals surface area contributed by atoms with Gasteiger partial charge < -0.3 is 24.8 Å². The first kappa shape index (κ1) is 31.8. The Labute approximate surface area is 238 Å². The molecular weight excluding hydrogens is 539 g/mol. The van der Waals surface area contributed by atoms with Crippen LogP contribution in [0.4, 0.5) is 23.8 Å². The Bertz CT molecular complexity index is 1300. The van der Waals surface area contributed by atoms with Crippen LogP contribution in [0, 0.1) is 12.3 Å². The first-order chi connectivity index (χ1) is 19.3. The summed E-state index contributed by atoms with van der Waals surface area (Å²) in [5, 5.41) is 13.2. The van der Waals surface area contributed by atoms with Gasteiger partial charge in [-0.25, -0.2) is 9.48 Å². The number of alkyl halides is 3. The van der Waals surface area contributed by atoms with E-state index in [1.54, 1.807) is 11.6 Å². The van der Waals surface area contributed by atoms with Crippen LogP contribution in [0.5, 0.6) is 11.6 Å². The summed E-state index contributed by atoms with van der Waals surface area (Å²) in [6.07, 6.45) is -4.28. The second kappa shape index (κ2) is 13.7. The largest absolute Gasteiger partial charge is 0.573 e. The molecule has 2 amide bonds. The highest BCUT2D eigenvalue weighted by Gasteiger charge is 2.32. The number of halogens is 3. The Kier molecular flexibility index (Phi) is 10.6. The van der Waals surface area contributed by atoms with Crippen LogP contribution in [0.25, 0.3) is 5.69 Å². The monoisotopic (exact) mass is 577 g/mol. The molecule has 0 aliphatic rings. The van der Waals surface area contributed by atoms with Gasteiger partial charge in [-0.3, -0.25) is 5.32 Å². The Morgan fingerprint density at radius 1 is 1.12 bits per heavy atom. The van der Waals surface area contributed by atoms with Gasteiger partial charge in [-0.05, 0) is 62.6 Å². The smallest absolute Gasteiger partial charge is 0.473 e. The van der Waals surface area contributed by atoms with E-state index in [4.69, 9.17) is 9.47 Å². The van der Waals surface area contributed by atoms with E-state index in [1.807, 2.05) is 44.3 Å². The molecule has 0 aliphatic carbocycles. The van der Waals surface area contributed by atoms with E-state index in [0.29, 0.717) is 28.5 Å². The quantitative estimate of drug-likeness (QED) is 0.232. The second-order valence-corrected chi connectivity index (χ2v) is 10.6. The lowest BCUT2D eigenvalue weighted by atomic mass is 9.87. The van der Waals surface area contributed by atoms with Crippen molar-refractivity contribution in [3.8, 4) is 17.3 Å². The van der Waals surface area contributed by atoms with Crippen LogP contribution < -0.4 is 25.4 Å². The highest BCUT2D eigenvalue weighted by atomic mass is 19.4. The third-order valence-corrected chi connectivity index (χ3v) is 6.22. The molecule has 1 heterocycles. The molecule has 0 saturated heterocycles. The summed E-state index contributed by atoms with van der Waals surface area (Å²) in [6.45, 7) is 8.82. The van der Waals surface area contributed by atoms with E-state index in [9.17, 15) is 18.0 Å². The first-order valence-corrected chi connectivity index (χ1v) is 13.2. The fraction of sp³-hybridized carbons (Fsp3) is 0.448. The Morgan fingerprint density at radius 2 is 1.83 bits per heavy atom. The van der Waals surface area contributed by atoms with Crippen molar-refractivity contribution in [1.29, 1.82) is 0 Å². The molecule has 9 nitrogen and oxygen atoms in total. The van der Waals surface area contributed by atoms with Crippen molar-refractivity contribution in [3.63, 3.8) is 0 Å². The molecule has 1 unspecified atom stereocenters. The molecule has 0 saturated carbocycles. The van der Waals surface area contributed by atoms with Crippen molar-refractivity contribution >= 4 is 11.8 Å². The predicted octanol–water partition coefficient (Wildman–Crippen LogP) is 5.95. The van der Waals surface area contributed by atoms with E-state index in [0.717, 1.165) is 13.0 Å². The molecule has 1 aromatic heterocycles. The molecule has 0 bridgehead atoms. The number of hydrogen-bond acceptors (Lipinski definition) is 6. The van der Waals surface area contributed by atoms with Crippen LogP contribution >= 0.6 is 0 Å². The van der Waals surface area contributed by atoms with Gasteiger partial charge in [-0.2, -0.15) is 0 Å². The van der Waals surface area contributed by atoms with Gasteiger partial charge in [0.2, 0.25) is 5.88 Å². The van der Waals surface area contributed by atoms with E-state index in [2.05, 4.69) is 39.6 Å². The summed E-state index contributed by atoms with van der Waals surface area (Å²) in [7, 11) is 3.38. The number of rotatable bonds is 13. The SMILES string of the molecule is CNCC(C)(C)CC(C)Oc1nn(-c2ccccc2)c(NC(=O)NCc2cc(COC)ccc2OC(F)(F)F)c1C. The molecule has 3 aromatic rings. The molecule has 12 heteroatoms. The number of para-hydroxylation sites is 1. The number of carbonyl (C=O) groups excluding carboxylic acids is 1. The zero-order chi connectivity index (χ0) is 30.2. The lowest BCUT2D eigenvalue weighted by Gasteiger charge is -2.27. The minimum absolute atomic E-state index is 0.0136. The van der Waals surface area contributed by atoms with Crippen molar-refractivity contribution in [2.45, 2.75) is 59.7 Å². The van der Waals surface area contributed by atoms with Crippen LogP contribution in [0.1, 0.15) is 43.9 Å². The fourth-order valence-electron chi connectivity index (χ4n) is 4.63. The summed E-state index contributed by atoms with van der Waals surface area (Å²) in [5.74, 6) is 0.323. The number of nitrogens with one attached hydrogen (secondary N) is 3. The number of methoxy groups -OCH3 is 1. The predicted molar refractivity (Wildman–Crippen MR) is 150 cm³/mol. The van der Waals surface area contributed by atoms with Gasteiger partial charge in [0.25, 0.3) is 0 Å². The van der Waals surface area contributed by atoms with Gasteiger partial charge in [-0.1, -0.05) is 38.1 Å². The molecule has 0 radical (unpaired) electrons. The average Bonchev–Trinajstić information content (AvgIpc) is 3.18. The summed E-state index contributed by atoms with van der Waals surface area (Å²) in [4.78, 5) is 13.0. The highest BCUT2D eigenvalue weighted by Crippen LogP contribution is 2.31. The third kappa shape index (κ3) is 9.39. The van der Waals surface area contributed by atoms with Crippen LogP contribution in [-0.2, 0) is 17.9 Å². The van der Waals surface area contributed by atoms with Crippen molar-refractivity contribution in [3.05, 3.63) is 65.2 Å². The molecule has 1 atom stereocenters. The second-order valence-electron chi connectivity index (χ2n) is 10.6. The Hall–Kier alpha value is -3.77. The zero-order valence-electron chi connectivity index (χ0n) is 24.2. The number of carbonyl (C=O) groups is 1. The minimum Gasteiger partial charge on any atom is -0.473 e. The van der Waals surface area contributed by atoms with Gasteiger partial charge in [-0.15, -0.1) is 18.3 Å².